The number of nitrogens with one attached hydrogen (secondary N) is 1. The molecule has 2 fully saturated rings. The summed E-state index contributed by atoms with van der Waals surface area (Å²) in [5, 5.41) is 3.14. The zero-order chi connectivity index (χ0) is 28.9. The molecular formula is C39H56N2. The van der Waals surface area contributed by atoms with Crippen LogP contribution in [0.4, 0.5) is 0 Å². The van der Waals surface area contributed by atoms with Crippen molar-refractivity contribution >= 4 is 0 Å². The van der Waals surface area contributed by atoms with Crippen LogP contribution < -0.4 is 11.1 Å². The lowest BCUT2D eigenvalue weighted by Crippen LogP contribution is -2.24. The molecule has 0 spiro atoms. The van der Waals surface area contributed by atoms with Gasteiger partial charge in [0, 0.05) is 12.6 Å². The lowest BCUT2D eigenvalue weighted by atomic mass is 9.72. The van der Waals surface area contributed by atoms with Gasteiger partial charge in [0.15, 0.2) is 0 Å². The van der Waals surface area contributed by atoms with Crippen LogP contribution in [0.15, 0.2) is 102 Å². The number of allylic oxidation sites excluding steroid dienone is 10. The zero-order valence-corrected chi connectivity index (χ0v) is 25.8. The van der Waals surface area contributed by atoms with Crippen molar-refractivity contribution < 1.29 is 0 Å². The molecule has 0 aromatic heterocycles. The van der Waals surface area contributed by atoms with Gasteiger partial charge in [-0.05, 0) is 100 Å². The van der Waals surface area contributed by atoms with Gasteiger partial charge < -0.3 is 11.1 Å². The summed E-state index contributed by atoms with van der Waals surface area (Å²) in [4.78, 5) is 0. The van der Waals surface area contributed by atoms with Crippen molar-refractivity contribution in [2.45, 2.75) is 95.9 Å². The summed E-state index contributed by atoms with van der Waals surface area (Å²) in [5.41, 5.74) is 13.3. The summed E-state index contributed by atoms with van der Waals surface area (Å²) in [6.45, 7) is 9.44. The maximum atomic E-state index is 5.55. The molecule has 0 bridgehead atoms. The van der Waals surface area contributed by atoms with Crippen LogP contribution in [0.2, 0.25) is 0 Å². The molecule has 0 amide bonds. The van der Waals surface area contributed by atoms with E-state index in [9.17, 15) is 0 Å². The van der Waals surface area contributed by atoms with Crippen LogP contribution in [0.5, 0.6) is 0 Å². The van der Waals surface area contributed by atoms with Crippen LogP contribution in [0.1, 0.15) is 101 Å². The van der Waals surface area contributed by atoms with E-state index < -0.39 is 0 Å². The fourth-order valence-electron chi connectivity index (χ4n) is 7.57. The molecule has 1 aromatic carbocycles. The Balaban J connectivity index is 0.000000296. The first-order chi connectivity index (χ1) is 20.1. The molecule has 4 aliphatic carbocycles. The first kappa shape index (κ1) is 31.5. The molecule has 3 N–H and O–H groups in total. The van der Waals surface area contributed by atoms with Gasteiger partial charge in [0.1, 0.15) is 0 Å². The molecule has 222 valence electrons. The van der Waals surface area contributed by atoms with Crippen molar-refractivity contribution in [2.24, 2.45) is 29.4 Å². The Labute approximate surface area is 251 Å². The van der Waals surface area contributed by atoms with Crippen molar-refractivity contribution in [1.82, 2.24) is 5.32 Å². The minimum absolute atomic E-state index is 0.288. The van der Waals surface area contributed by atoms with Gasteiger partial charge >= 0.3 is 0 Å². The van der Waals surface area contributed by atoms with Gasteiger partial charge in [-0.25, -0.2) is 0 Å². The molecular weight excluding hydrogens is 496 g/mol. The summed E-state index contributed by atoms with van der Waals surface area (Å²) >= 11 is 0. The molecule has 0 saturated heterocycles. The molecule has 0 aliphatic heterocycles. The number of nitrogens with two attached hydrogens (primary N) is 1. The maximum absolute atomic E-state index is 5.55. The molecule has 0 radical (unpaired) electrons. The predicted octanol–water partition coefficient (Wildman–Crippen LogP) is 9.95. The minimum atomic E-state index is 0.288. The van der Waals surface area contributed by atoms with E-state index in [1.165, 1.54) is 95.5 Å². The number of rotatable bonds is 11. The van der Waals surface area contributed by atoms with E-state index in [0.717, 1.165) is 11.8 Å². The molecule has 2 nitrogen and oxygen atoms in total. The second kappa shape index (κ2) is 16.9. The molecule has 4 unspecified atom stereocenters. The molecule has 5 rings (SSSR count). The lowest BCUT2D eigenvalue weighted by Gasteiger charge is -2.33. The van der Waals surface area contributed by atoms with E-state index >= 15 is 0 Å². The third-order valence-electron chi connectivity index (χ3n) is 10.1. The summed E-state index contributed by atoms with van der Waals surface area (Å²) in [7, 11) is 1.92. The van der Waals surface area contributed by atoms with Crippen molar-refractivity contribution in [3.05, 3.63) is 108 Å². The number of likely N-dealkylation sites (N-methyl/N-ethyl adjacent to an activating group) is 1. The van der Waals surface area contributed by atoms with E-state index in [0.29, 0.717) is 18.4 Å². The van der Waals surface area contributed by atoms with Gasteiger partial charge in [-0.3, -0.25) is 0 Å². The van der Waals surface area contributed by atoms with Crippen LogP contribution in [-0.4, -0.2) is 13.6 Å². The minimum Gasteiger partial charge on any atom is -0.329 e. The van der Waals surface area contributed by atoms with Gasteiger partial charge in [0.05, 0.1) is 0 Å². The van der Waals surface area contributed by atoms with E-state index in [2.05, 4.69) is 67.1 Å². The monoisotopic (exact) mass is 552 g/mol. The summed E-state index contributed by atoms with van der Waals surface area (Å²) < 4.78 is 0. The molecule has 41 heavy (non-hydrogen) atoms. The van der Waals surface area contributed by atoms with E-state index in [1.807, 2.05) is 25.2 Å². The Kier molecular flexibility index (Phi) is 13.0. The van der Waals surface area contributed by atoms with E-state index in [-0.39, 0.29) is 6.04 Å². The van der Waals surface area contributed by atoms with Crippen molar-refractivity contribution in [2.75, 3.05) is 13.6 Å². The Hall–Kier alpha value is -2.42. The molecule has 2 saturated carbocycles. The topological polar surface area (TPSA) is 38.0 Å². The van der Waals surface area contributed by atoms with Crippen molar-refractivity contribution in [3.8, 4) is 0 Å². The largest absolute Gasteiger partial charge is 0.329 e. The average molecular weight is 553 g/mol. The smallest absolute Gasteiger partial charge is 0.0442 e. The number of hydrogen-bond acceptors (Lipinski definition) is 2. The zero-order valence-electron chi connectivity index (χ0n) is 25.8. The molecule has 1 aromatic rings. The average Bonchev–Trinajstić information content (AvgIpc) is 3.58. The third kappa shape index (κ3) is 9.29. The van der Waals surface area contributed by atoms with E-state index in [1.54, 1.807) is 22.3 Å². The number of benzene rings is 1. The molecule has 4 atom stereocenters. The summed E-state index contributed by atoms with van der Waals surface area (Å²) in [5.74, 6) is 2.86. The second-order valence-electron chi connectivity index (χ2n) is 12.8. The van der Waals surface area contributed by atoms with E-state index in [4.69, 9.17) is 5.73 Å². The third-order valence-corrected chi connectivity index (χ3v) is 10.1. The van der Waals surface area contributed by atoms with Crippen LogP contribution >= 0.6 is 0 Å². The highest BCUT2D eigenvalue weighted by molar-refractivity contribution is 5.30. The summed E-state index contributed by atoms with van der Waals surface area (Å²) in [6.07, 6.45) is 32.9. The highest BCUT2D eigenvalue weighted by Crippen LogP contribution is 2.42. The second-order valence-corrected chi connectivity index (χ2v) is 12.8. The maximum Gasteiger partial charge on any atom is 0.0442 e. The van der Waals surface area contributed by atoms with Crippen LogP contribution in [0.3, 0.4) is 0 Å². The first-order valence-electron chi connectivity index (χ1n) is 16.6. The molecule has 0 heterocycles. The summed E-state index contributed by atoms with van der Waals surface area (Å²) in [6, 6.07) is 10.5. The van der Waals surface area contributed by atoms with Gasteiger partial charge in [-0.1, -0.05) is 121 Å². The Morgan fingerprint density at radius 1 is 0.976 bits per heavy atom. The predicted molar refractivity (Wildman–Crippen MR) is 179 cm³/mol. The van der Waals surface area contributed by atoms with Gasteiger partial charge in [-0.15, -0.1) is 6.58 Å². The van der Waals surface area contributed by atoms with Crippen LogP contribution in [0.25, 0.3) is 0 Å². The Morgan fingerprint density at radius 2 is 1.73 bits per heavy atom. The highest BCUT2D eigenvalue weighted by Gasteiger charge is 2.28. The standard InChI is InChI=1S/C30H42.C9H14N2/c1-3-26-13-9-10-16-30(26)28-19-17-25(18-20-28)22-29(21-24-11-5-4-6-12-24)23(2)27-14-7-8-15-27;1-11-9(7-10)8-5-3-2-4-6-8/h3,5,11-12,17,19,26-27,29-30H,1-2,4,6-10,13-16,18,20-22H2;2-6,9,11H,7,10H2,1H3. The quantitative estimate of drug-likeness (QED) is 0.268. The van der Waals surface area contributed by atoms with Crippen molar-refractivity contribution in [3.63, 3.8) is 0 Å². The number of hydrogen-bond donors (Lipinski definition) is 2. The fraction of sp³-hybridized carbons (Fsp3) is 0.538. The van der Waals surface area contributed by atoms with Crippen LogP contribution in [0, 0.1) is 23.7 Å². The molecule has 4 aliphatic rings. The highest BCUT2D eigenvalue weighted by atomic mass is 14.9. The van der Waals surface area contributed by atoms with Gasteiger partial charge in [0.25, 0.3) is 0 Å². The SMILES string of the molecule is C=CC1CCCCC1C1=CC=C(CC(CC2=CCCC=C2)C(=C)C2CCCC2)CC1.CNC(CN)c1ccccc1. The van der Waals surface area contributed by atoms with Crippen molar-refractivity contribution in [1.29, 1.82) is 0 Å². The fourth-order valence-corrected chi connectivity index (χ4v) is 7.57. The lowest BCUT2D eigenvalue weighted by molar-refractivity contribution is 0.316. The molecule has 2 heteroatoms. The Morgan fingerprint density at radius 3 is 2.37 bits per heavy atom. The van der Waals surface area contributed by atoms with Gasteiger partial charge in [0.2, 0.25) is 0 Å². The van der Waals surface area contributed by atoms with Gasteiger partial charge in [-0.2, -0.15) is 0 Å². The normalized spacial score (nSPS) is 24.3. The first-order valence-corrected chi connectivity index (χ1v) is 16.6. The Bertz CT molecular complexity index is 1080. The van der Waals surface area contributed by atoms with Crippen LogP contribution in [-0.2, 0) is 0 Å².